The van der Waals surface area contributed by atoms with Crippen molar-refractivity contribution in [3.8, 4) is 28.6 Å². The Bertz CT molecular complexity index is 1580. The number of aromatic nitrogens is 2. The molecular formula is C32H34ClN5O4. The first kappa shape index (κ1) is 28.1. The summed E-state index contributed by atoms with van der Waals surface area (Å²) in [7, 11) is 0. The van der Waals surface area contributed by atoms with E-state index in [0.717, 1.165) is 53.7 Å². The summed E-state index contributed by atoms with van der Waals surface area (Å²) in [6.07, 6.45) is -0.710. The van der Waals surface area contributed by atoms with E-state index in [1.54, 1.807) is 0 Å². The van der Waals surface area contributed by atoms with Crippen molar-refractivity contribution >= 4 is 23.2 Å². The smallest absolute Gasteiger partial charge is 0.271 e. The van der Waals surface area contributed by atoms with Crippen molar-refractivity contribution in [2.24, 2.45) is 0 Å². The first-order valence-electron chi connectivity index (χ1n) is 14.1. The van der Waals surface area contributed by atoms with E-state index in [0.29, 0.717) is 35.3 Å². The fourth-order valence-electron chi connectivity index (χ4n) is 5.60. The molecule has 1 saturated heterocycles. The van der Waals surface area contributed by atoms with E-state index < -0.39 is 6.10 Å². The molecule has 1 unspecified atom stereocenters. The molecule has 3 aromatic carbocycles. The van der Waals surface area contributed by atoms with E-state index in [1.807, 2.05) is 79.1 Å². The van der Waals surface area contributed by atoms with Gasteiger partial charge >= 0.3 is 0 Å². The molecule has 0 bridgehead atoms. The van der Waals surface area contributed by atoms with Crippen LogP contribution in [0.4, 0.5) is 5.69 Å². The number of halogens is 1. The van der Waals surface area contributed by atoms with Crippen LogP contribution in [0.2, 0.25) is 5.02 Å². The normalized spacial score (nSPS) is 15.6. The molecule has 4 aromatic rings. The van der Waals surface area contributed by atoms with Crippen molar-refractivity contribution in [3.63, 3.8) is 0 Å². The van der Waals surface area contributed by atoms with Crippen LogP contribution >= 0.6 is 11.6 Å². The quantitative estimate of drug-likeness (QED) is 0.315. The summed E-state index contributed by atoms with van der Waals surface area (Å²) in [4.78, 5) is 22.7. The van der Waals surface area contributed by atoms with Gasteiger partial charge in [0.25, 0.3) is 5.91 Å². The van der Waals surface area contributed by atoms with Crippen LogP contribution in [0.1, 0.15) is 21.7 Å². The van der Waals surface area contributed by atoms with Crippen LogP contribution < -0.4 is 19.7 Å². The predicted octanol–water partition coefficient (Wildman–Crippen LogP) is 4.45. The minimum absolute atomic E-state index is 0.128. The number of aliphatic hydroxyl groups is 1. The van der Waals surface area contributed by atoms with Gasteiger partial charge in [0.05, 0.1) is 17.5 Å². The fraction of sp³-hybridized carbons (Fsp3) is 0.312. The largest absolute Gasteiger partial charge is 0.454 e. The molecule has 0 saturated carbocycles. The minimum Gasteiger partial charge on any atom is -0.454 e. The first-order valence-corrected chi connectivity index (χ1v) is 14.5. The Morgan fingerprint density at radius 1 is 1.00 bits per heavy atom. The van der Waals surface area contributed by atoms with Gasteiger partial charge in [0.2, 0.25) is 6.79 Å². The number of rotatable bonds is 8. The molecular weight excluding hydrogens is 554 g/mol. The monoisotopic (exact) mass is 587 g/mol. The second kappa shape index (κ2) is 12.1. The Morgan fingerprint density at radius 3 is 2.55 bits per heavy atom. The van der Waals surface area contributed by atoms with Crippen LogP contribution in [0.15, 0.2) is 66.7 Å². The zero-order valence-corrected chi connectivity index (χ0v) is 24.5. The number of amides is 1. The molecule has 2 aliphatic heterocycles. The Morgan fingerprint density at radius 2 is 1.76 bits per heavy atom. The lowest BCUT2D eigenvalue weighted by Crippen LogP contribution is -2.50. The molecule has 1 atom stereocenters. The number of imidazole rings is 1. The van der Waals surface area contributed by atoms with Gasteiger partial charge in [-0.2, -0.15) is 0 Å². The lowest BCUT2D eigenvalue weighted by atomic mass is 10.1. The highest BCUT2D eigenvalue weighted by molar-refractivity contribution is 6.31. The Labute approximate surface area is 250 Å². The van der Waals surface area contributed by atoms with Crippen LogP contribution in [0, 0.1) is 13.8 Å². The standard InChI is InChI=1S/C32H34ClN5O4/c1-21-26(33)9-6-10-27(21)37-15-13-36(14-16-37)19-25(39)18-34-32(40)30-22(2)38(31(35-30)23-7-4-3-5-8-23)24-11-12-28-29(17-24)42-20-41-28/h3-12,17,25,39H,13-16,18-20H2,1-2H3,(H,34,40). The van der Waals surface area contributed by atoms with Crippen LogP contribution in [0.3, 0.4) is 0 Å². The van der Waals surface area contributed by atoms with E-state index in [2.05, 4.69) is 21.2 Å². The summed E-state index contributed by atoms with van der Waals surface area (Å²) < 4.78 is 13.0. The SMILES string of the molecule is Cc1c(Cl)cccc1N1CCN(CC(O)CNC(=O)c2nc(-c3ccccc3)n(-c3ccc4c(c3)OCO4)c2C)CC1. The van der Waals surface area contributed by atoms with E-state index in [1.165, 1.54) is 0 Å². The number of hydrogen-bond donors (Lipinski definition) is 2. The van der Waals surface area contributed by atoms with Crippen molar-refractivity contribution < 1.29 is 19.4 Å². The highest BCUT2D eigenvalue weighted by Crippen LogP contribution is 2.36. The van der Waals surface area contributed by atoms with Gasteiger partial charge in [-0.15, -0.1) is 0 Å². The molecule has 0 spiro atoms. The molecule has 42 heavy (non-hydrogen) atoms. The number of aliphatic hydroxyl groups excluding tert-OH is 1. The number of carbonyl (C=O) groups is 1. The number of nitrogens with one attached hydrogen (secondary N) is 1. The number of fused-ring (bicyclic) bond motifs is 1. The Kier molecular flexibility index (Phi) is 8.06. The fourth-order valence-corrected chi connectivity index (χ4v) is 5.77. The van der Waals surface area contributed by atoms with E-state index in [9.17, 15) is 9.90 Å². The van der Waals surface area contributed by atoms with Gasteiger partial charge in [-0.1, -0.05) is 48.0 Å². The van der Waals surface area contributed by atoms with Crippen LogP contribution in [-0.4, -0.2) is 77.6 Å². The molecule has 0 aliphatic carbocycles. The van der Waals surface area contributed by atoms with Crippen molar-refractivity contribution in [2.75, 3.05) is 51.0 Å². The Hall–Kier alpha value is -4.05. The van der Waals surface area contributed by atoms with Crippen molar-refractivity contribution in [1.82, 2.24) is 19.8 Å². The van der Waals surface area contributed by atoms with E-state index >= 15 is 0 Å². The summed E-state index contributed by atoms with van der Waals surface area (Å²) in [6.45, 7) is 8.02. The van der Waals surface area contributed by atoms with Gasteiger partial charge in [-0.3, -0.25) is 14.3 Å². The Balaban J connectivity index is 1.12. The number of anilines is 1. The molecule has 2 aliphatic rings. The van der Waals surface area contributed by atoms with Gasteiger partial charge in [0, 0.05) is 61.6 Å². The molecule has 6 rings (SSSR count). The third-order valence-electron chi connectivity index (χ3n) is 7.89. The number of benzene rings is 3. The number of ether oxygens (including phenoxy) is 2. The van der Waals surface area contributed by atoms with Gasteiger partial charge < -0.3 is 24.8 Å². The molecule has 3 heterocycles. The van der Waals surface area contributed by atoms with Gasteiger partial charge in [0.1, 0.15) is 11.5 Å². The maximum atomic E-state index is 13.4. The lowest BCUT2D eigenvalue weighted by Gasteiger charge is -2.37. The number of hydrogen-bond acceptors (Lipinski definition) is 7. The minimum atomic E-state index is -0.710. The van der Waals surface area contributed by atoms with Gasteiger partial charge in [-0.05, 0) is 43.7 Å². The summed E-state index contributed by atoms with van der Waals surface area (Å²) >= 11 is 6.32. The molecule has 0 radical (unpaired) electrons. The second-order valence-corrected chi connectivity index (χ2v) is 11.1. The van der Waals surface area contributed by atoms with Crippen molar-refractivity contribution in [1.29, 1.82) is 0 Å². The number of nitrogens with zero attached hydrogens (tertiary/aromatic N) is 4. The molecule has 9 nitrogen and oxygen atoms in total. The third kappa shape index (κ3) is 5.68. The first-order chi connectivity index (χ1) is 20.4. The van der Waals surface area contributed by atoms with Crippen molar-refractivity contribution in [3.05, 3.63) is 88.7 Å². The van der Waals surface area contributed by atoms with Crippen LogP contribution in [0.25, 0.3) is 17.1 Å². The molecule has 1 amide bonds. The lowest BCUT2D eigenvalue weighted by molar-refractivity contribution is 0.0847. The third-order valence-corrected chi connectivity index (χ3v) is 8.30. The van der Waals surface area contributed by atoms with Crippen LogP contribution in [0.5, 0.6) is 11.5 Å². The van der Waals surface area contributed by atoms with Gasteiger partial charge in [0.15, 0.2) is 11.5 Å². The molecule has 218 valence electrons. The molecule has 1 fully saturated rings. The van der Waals surface area contributed by atoms with E-state index in [4.69, 9.17) is 26.1 Å². The predicted molar refractivity (Wildman–Crippen MR) is 163 cm³/mol. The topological polar surface area (TPSA) is 92.1 Å². The average molecular weight is 588 g/mol. The summed E-state index contributed by atoms with van der Waals surface area (Å²) in [6, 6.07) is 21.4. The summed E-state index contributed by atoms with van der Waals surface area (Å²) in [5.74, 6) is 1.65. The van der Waals surface area contributed by atoms with E-state index in [-0.39, 0.29) is 19.2 Å². The number of carbonyl (C=O) groups excluding carboxylic acids is 1. The molecule has 10 heteroatoms. The summed E-state index contributed by atoms with van der Waals surface area (Å²) in [5, 5.41) is 14.5. The highest BCUT2D eigenvalue weighted by Gasteiger charge is 2.25. The zero-order valence-electron chi connectivity index (χ0n) is 23.7. The van der Waals surface area contributed by atoms with Crippen molar-refractivity contribution in [2.45, 2.75) is 20.0 Å². The summed E-state index contributed by atoms with van der Waals surface area (Å²) in [5.41, 5.74) is 4.93. The highest BCUT2D eigenvalue weighted by atomic mass is 35.5. The zero-order chi connectivity index (χ0) is 29.2. The number of β-amino-alcohol motifs (C(OH)–C–C–N with tert-alkyl or cyclic N) is 1. The van der Waals surface area contributed by atoms with Crippen LogP contribution in [-0.2, 0) is 0 Å². The number of piperazine rings is 1. The van der Waals surface area contributed by atoms with Gasteiger partial charge in [-0.25, -0.2) is 4.98 Å². The molecule has 2 N–H and O–H groups in total. The average Bonchev–Trinajstić information content (AvgIpc) is 3.62. The maximum absolute atomic E-state index is 13.4. The second-order valence-electron chi connectivity index (χ2n) is 10.6. The maximum Gasteiger partial charge on any atom is 0.271 e. The molecule has 1 aromatic heterocycles.